The summed E-state index contributed by atoms with van der Waals surface area (Å²) in [7, 11) is 3.23. The molecule has 1 heterocycles. The Bertz CT molecular complexity index is 596. The zero-order chi connectivity index (χ0) is 14.7. The van der Waals surface area contributed by atoms with Crippen molar-refractivity contribution in [2.24, 2.45) is 0 Å². The minimum Gasteiger partial charge on any atom is -0.493 e. The van der Waals surface area contributed by atoms with Crippen LogP contribution in [-0.4, -0.2) is 29.0 Å². The molecular formula is C14H18ClN3O2. The molecule has 0 amide bonds. The number of methoxy groups -OCH3 is 2. The Morgan fingerprint density at radius 2 is 1.85 bits per heavy atom. The predicted octanol–water partition coefficient (Wildman–Crippen LogP) is 3.12. The first kappa shape index (κ1) is 14.7. The van der Waals surface area contributed by atoms with Crippen molar-refractivity contribution in [3.05, 3.63) is 34.9 Å². The van der Waals surface area contributed by atoms with Crippen LogP contribution in [0.15, 0.2) is 18.2 Å². The van der Waals surface area contributed by atoms with Crippen molar-refractivity contribution in [1.29, 1.82) is 0 Å². The van der Waals surface area contributed by atoms with Crippen LogP contribution in [0.2, 0.25) is 5.28 Å². The minimum atomic E-state index is 0.259. The summed E-state index contributed by atoms with van der Waals surface area (Å²) in [5.74, 6) is 2.52. The number of nitrogens with zero attached hydrogens (tertiary/aromatic N) is 3. The maximum Gasteiger partial charge on any atom is 0.225 e. The summed E-state index contributed by atoms with van der Waals surface area (Å²) in [6.07, 6.45) is 0. The van der Waals surface area contributed by atoms with E-state index >= 15 is 0 Å². The minimum absolute atomic E-state index is 0.259. The Morgan fingerprint density at radius 1 is 1.15 bits per heavy atom. The topological polar surface area (TPSA) is 49.2 Å². The monoisotopic (exact) mass is 295 g/mol. The van der Waals surface area contributed by atoms with E-state index in [-0.39, 0.29) is 5.92 Å². The van der Waals surface area contributed by atoms with Crippen LogP contribution >= 0.6 is 11.6 Å². The SMILES string of the molecule is COc1ccc(Cn2c(Cl)nnc2C(C)C)cc1OC. The largest absolute Gasteiger partial charge is 0.493 e. The number of ether oxygens (including phenoxy) is 2. The van der Waals surface area contributed by atoms with Crippen LogP contribution in [0.3, 0.4) is 0 Å². The molecule has 6 heteroatoms. The van der Waals surface area contributed by atoms with Gasteiger partial charge in [-0.1, -0.05) is 19.9 Å². The van der Waals surface area contributed by atoms with Gasteiger partial charge in [0, 0.05) is 5.92 Å². The standard InChI is InChI=1S/C14H18ClN3O2/c1-9(2)13-16-17-14(15)18(13)8-10-5-6-11(19-3)12(7-10)20-4/h5-7,9H,8H2,1-4H3. The van der Waals surface area contributed by atoms with Gasteiger partial charge in [-0.25, -0.2) is 0 Å². The molecular weight excluding hydrogens is 278 g/mol. The highest BCUT2D eigenvalue weighted by Gasteiger charge is 2.14. The first-order valence-corrected chi connectivity index (χ1v) is 6.74. The molecule has 0 radical (unpaired) electrons. The molecule has 1 aromatic carbocycles. The van der Waals surface area contributed by atoms with E-state index in [1.165, 1.54) is 0 Å². The Balaban J connectivity index is 2.33. The van der Waals surface area contributed by atoms with Crippen LogP contribution in [0.25, 0.3) is 0 Å². The molecule has 0 aliphatic heterocycles. The molecule has 0 spiro atoms. The van der Waals surface area contributed by atoms with Crippen molar-refractivity contribution >= 4 is 11.6 Å². The summed E-state index contributed by atoms with van der Waals surface area (Å²) < 4.78 is 12.4. The van der Waals surface area contributed by atoms with E-state index < -0.39 is 0 Å². The van der Waals surface area contributed by atoms with E-state index in [4.69, 9.17) is 21.1 Å². The van der Waals surface area contributed by atoms with E-state index in [1.807, 2.05) is 22.8 Å². The number of rotatable bonds is 5. The van der Waals surface area contributed by atoms with Crippen LogP contribution < -0.4 is 9.47 Å². The lowest BCUT2D eigenvalue weighted by atomic mass is 10.1. The van der Waals surface area contributed by atoms with Gasteiger partial charge in [0.2, 0.25) is 5.28 Å². The summed E-state index contributed by atoms with van der Waals surface area (Å²) in [6.45, 7) is 4.72. The second-order valence-corrected chi connectivity index (χ2v) is 5.10. The summed E-state index contributed by atoms with van der Waals surface area (Å²) in [4.78, 5) is 0. The first-order chi connectivity index (χ1) is 9.56. The van der Waals surface area contributed by atoms with Crippen molar-refractivity contribution in [3.63, 3.8) is 0 Å². The van der Waals surface area contributed by atoms with E-state index in [1.54, 1.807) is 14.2 Å². The zero-order valence-electron chi connectivity index (χ0n) is 12.1. The number of halogens is 1. The van der Waals surface area contributed by atoms with Crippen molar-refractivity contribution in [1.82, 2.24) is 14.8 Å². The Labute approximate surface area is 123 Å². The lowest BCUT2D eigenvalue weighted by Crippen LogP contribution is -2.07. The van der Waals surface area contributed by atoms with Crippen molar-refractivity contribution in [2.45, 2.75) is 26.3 Å². The van der Waals surface area contributed by atoms with Gasteiger partial charge < -0.3 is 9.47 Å². The normalized spacial score (nSPS) is 10.9. The van der Waals surface area contributed by atoms with Gasteiger partial charge in [0.15, 0.2) is 11.5 Å². The number of hydrogen-bond donors (Lipinski definition) is 0. The van der Waals surface area contributed by atoms with Crippen molar-refractivity contribution in [3.8, 4) is 11.5 Å². The highest BCUT2D eigenvalue weighted by Crippen LogP contribution is 2.28. The summed E-state index contributed by atoms with van der Waals surface area (Å²) in [5.41, 5.74) is 1.05. The average molecular weight is 296 g/mol. The highest BCUT2D eigenvalue weighted by molar-refractivity contribution is 6.28. The van der Waals surface area contributed by atoms with Crippen LogP contribution in [-0.2, 0) is 6.54 Å². The highest BCUT2D eigenvalue weighted by atomic mass is 35.5. The third-order valence-electron chi connectivity index (χ3n) is 3.04. The van der Waals surface area contributed by atoms with Gasteiger partial charge in [0.1, 0.15) is 5.82 Å². The molecule has 2 aromatic rings. The van der Waals surface area contributed by atoms with Crippen LogP contribution in [0, 0.1) is 0 Å². The van der Waals surface area contributed by atoms with Crippen molar-refractivity contribution in [2.75, 3.05) is 14.2 Å². The Hall–Kier alpha value is -1.75. The predicted molar refractivity (Wildman–Crippen MR) is 77.8 cm³/mol. The van der Waals surface area contributed by atoms with Gasteiger partial charge in [0.25, 0.3) is 0 Å². The molecule has 0 saturated heterocycles. The molecule has 1 aromatic heterocycles. The average Bonchev–Trinajstić information content (AvgIpc) is 2.80. The second kappa shape index (κ2) is 6.13. The van der Waals surface area contributed by atoms with Crippen LogP contribution in [0.4, 0.5) is 0 Å². The summed E-state index contributed by atoms with van der Waals surface area (Å²) in [5, 5.41) is 8.44. The molecule has 0 aliphatic carbocycles. The lowest BCUT2D eigenvalue weighted by Gasteiger charge is -2.12. The fraction of sp³-hybridized carbons (Fsp3) is 0.429. The van der Waals surface area contributed by atoms with Gasteiger partial charge in [-0.15, -0.1) is 10.2 Å². The molecule has 5 nitrogen and oxygen atoms in total. The third kappa shape index (κ3) is 2.88. The smallest absolute Gasteiger partial charge is 0.225 e. The maximum absolute atomic E-state index is 6.10. The fourth-order valence-electron chi connectivity index (χ4n) is 2.03. The van der Waals surface area contributed by atoms with Gasteiger partial charge in [-0.05, 0) is 29.3 Å². The number of benzene rings is 1. The third-order valence-corrected chi connectivity index (χ3v) is 3.32. The van der Waals surface area contributed by atoms with Crippen LogP contribution in [0.5, 0.6) is 11.5 Å². The van der Waals surface area contributed by atoms with Gasteiger partial charge in [0.05, 0.1) is 20.8 Å². The molecule has 2 rings (SSSR count). The van der Waals surface area contributed by atoms with E-state index in [9.17, 15) is 0 Å². The quantitative estimate of drug-likeness (QED) is 0.850. The Kier molecular flexibility index (Phi) is 4.49. The summed E-state index contributed by atoms with van der Waals surface area (Å²) >= 11 is 6.10. The van der Waals surface area contributed by atoms with E-state index in [0.29, 0.717) is 23.3 Å². The van der Waals surface area contributed by atoms with Gasteiger partial charge in [-0.3, -0.25) is 4.57 Å². The molecule has 0 aliphatic rings. The molecule has 0 bridgehead atoms. The lowest BCUT2D eigenvalue weighted by molar-refractivity contribution is 0.354. The maximum atomic E-state index is 6.10. The molecule has 20 heavy (non-hydrogen) atoms. The number of aromatic nitrogens is 3. The molecule has 0 unspecified atom stereocenters. The Morgan fingerprint density at radius 3 is 2.45 bits per heavy atom. The molecule has 0 saturated carbocycles. The zero-order valence-corrected chi connectivity index (χ0v) is 12.8. The summed E-state index contributed by atoms with van der Waals surface area (Å²) in [6, 6.07) is 5.78. The van der Waals surface area contributed by atoms with Gasteiger partial charge >= 0.3 is 0 Å². The van der Waals surface area contributed by atoms with Gasteiger partial charge in [-0.2, -0.15) is 0 Å². The molecule has 0 atom stereocenters. The van der Waals surface area contributed by atoms with E-state index in [2.05, 4.69) is 24.0 Å². The fourth-order valence-corrected chi connectivity index (χ4v) is 2.21. The van der Waals surface area contributed by atoms with E-state index in [0.717, 1.165) is 11.4 Å². The van der Waals surface area contributed by atoms with Crippen molar-refractivity contribution < 1.29 is 9.47 Å². The van der Waals surface area contributed by atoms with Crippen LogP contribution in [0.1, 0.15) is 31.2 Å². The molecule has 0 fully saturated rings. The number of hydrogen-bond acceptors (Lipinski definition) is 4. The second-order valence-electron chi connectivity index (χ2n) is 4.76. The molecule has 0 N–H and O–H groups in total. The first-order valence-electron chi connectivity index (χ1n) is 6.36. The molecule has 108 valence electrons.